The maximum Gasteiger partial charge on any atom is 0.0329 e. The molecule has 1 aromatic carbocycles. The molecule has 3 heteroatoms. The number of nitrogens with one attached hydrogen (secondary N) is 1. The maximum atomic E-state index is 3.41. The van der Waals surface area contributed by atoms with Crippen LogP contribution in [0.5, 0.6) is 0 Å². The van der Waals surface area contributed by atoms with Crippen molar-refractivity contribution in [2.75, 3.05) is 47.8 Å². The lowest BCUT2D eigenvalue weighted by molar-refractivity contribution is 0.286. The van der Waals surface area contributed by atoms with E-state index in [1.165, 1.54) is 25.1 Å². The molecule has 1 rings (SSSR count). The van der Waals surface area contributed by atoms with Crippen LogP contribution in [0.25, 0.3) is 0 Å². The van der Waals surface area contributed by atoms with Crippen LogP contribution < -0.4 is 5.32 Å². The Balaban J connectivity index is 2.29. The number of hydrogen-bond donors (Lipinski definition) is 1. The van der Waals surface area contributed by atoms with Crippen molar-refractivity contribution in [1.82, 2.24) is 15.1 Å². The lowest BCUT2D eigenvalue weighted by Gasteiger charge is -2.22. The van der Waals surface area contributed by atoms with Crippen LogP contribution in [0, 0.1) is 0 Å². The summed E-state index contributed by atoms with van der Waals surface area (Å²) in [6.45, 7) is 3.47. The van der Waals surface area contributed by atoms with Crippen LogP contribution in [0.2, 0.25) is 0 Å². The fraction of sp³-hybridized carbons (Fsp3) is 0.625. The first kappa shape index (κ1) is 16.2. The maximum absolute atomic E-state index is 3.41. The van der Waals surface area contributed by atoms with Gasteiger partial charge in [0.2, 0.25) is 0 Å². The first-order valence-corrected chi connectivity index (χ1v) is 7.19. The monoisotopic (exact) mass is 263 g/mol. The number of hydrogen-bond acceptors (Lipinski definition) is 3. The highest BCUT2D eigenvalue weighted by Crippen LogP contribution is 2.15. The fourth-order valence-corrected chi connectivity index (χ4v) is 2.28. The Morgan fingerprint density at radius 3 is 2.26 bits per heavy atom. The van der Waals surface area contributed by atoms with E-state index in [2.05, 4.69) is 66.6 Å². The van der Waals surface area contributed by atoms with Gasteiger partial charge >= 0.3 is 0 Å². The molecule has 0 aliphatic carbocycles. The van der Waals surface area contributed by atoms with Gasteiger partial charge in [-0.1, -0.05) is 30.3 Å². The summed E-state index contributed by atoms with van der Waals surface area (Å²) in [6.07, 6.45) is 2.39. The number of nitrogens with zero attached hydrogens (tertiary/aromatic N) is 2. The highest BCUT2D eigenvalue weighted by molar-refractivity contribution is 5.18. The highest BCUT2D eigenvalue weighted by Gasteiger charge is 2.09. The molecule has 0 aliphatic rings. The van der Waals surface area contributed by atoms with Gasteiger partial charge < -0.3 is 15.1 Å². The van der Waals surface area contributed by atoms with Crippen LogP contribution in [0.4, 0.5) is 0 Å². The number of benzene rings is 1. The predicted molar refractivity (Wildman–Crippen MR) is 83.5 cm³/mol. The molecular formula is C16H29N3. The first-order chi connectivity index (χ1) is 9.13. The van der Waals surface area contributed by atoms with E-state index in [4.69, 9.17) is 0 Å². The van der Waals surface area contributed by atoms with E-state index in [-0.39, 0.29) is 0 Å². The molecule has 0 aromatic heterocycles. The van der Waals surface area contributed by atoms with Crippen molar-refractivity contribution < 1.29 is 0 Å². The third-order valence-electron chi connectivity index (χ3n) is 3.50. The van der Waals surface area contributed by atoms with Crippen molar-refractivity contribution >= 4 is 0 Å². The van der Waals surface area contributed by atoms with Gasteiger partial charge in [0.25, 0.3) is 0 Å². The topological polar surface area (TPSA) is 18.5 Å². The average molecular weight is 263 g/mol. The standard InChI is InChI=1S/C16H29N3/c1-17-16(15-9-6-5-7-10-15)11-14-19(4)13-8-12-18(2)3/h5-7,9-10,16-17H,8,11-14H2,1-4H3. The van der Waals surface area contributed by atoms with Gasteiger partial charge in [-0.05, 0) is 66.2 Å². The van der Waals surface area contributed by atoms with Gasteiger partial charge in [-0.15, -0.1) is 0 Å². The zero-order chi connectivity index (χ0) is 14.1. The third kappa shape index (κ3) is 6.71. The Morgan fingerprint density at radius 1 is 1.00 bits per heavy atom. The number of rotatable bonds is 9. The zero-order valence-corrected chi connectivity index (χ0v) is 12.9. The molecular weight excluding hydrogens is 234 g/mol. The van der Waals surface area contributed by atoms with Crippen molar-refractivity contribution in [3.05, 3.63) is 35.9 Å². The van der Waals surface area contributed by atoms with Gasteiger partial charge in [-0.3, -0.25) is 0 Å². The Bertz CT molecular complexity index is 324. The molecule has 1 N–H and O–H groups in total. The van der Waals surface area contributed by atoms with Gasteiger partial charge in [0.1, 0.15) is 0 Å². The van der Waals surface area contributed by atoms with Crippen molar-refractivity contribution in [3.8, 4) is 0 Å². The second-order valence-electron chi connectivity index (χ2n) is 5.50. The summed E-state index contributed by atoms with van der Waals surface area (Å²) in [5.41, 5.74) is 1.38. The Labute approximate surface area is 118 Å². The summed E-state index contributed by atoms with van der Waals surface area (Å²) in [4.78, 5) is 4.67. The molecule has 19 heavy (non-hydrogen) atoms. The molecule has 108 valence electrons. The second-order valence-corrected chi connectivity index (χ2v) is 5.50. The summed E-state index contributed by atoms with van der Waals surface area (Å²) in [5, 5.41) is 3.41. The third-order valence-corrected chi connectivity index (χ3v) is 3.50. The zero-order valence-electron chi connectivity index (χ0n) is 12.9. The summed E-state index contributed by atoms with van der Waals surface area (Å²) >= 11 is 0. The van der Waals surface area contributed by atoms with E-state index in [9.17, 15) is 0 Å². The summed E-state index contributed by atoms with van der Waals surface area (Å²) in [5.74, 6) is 0. The van der Waals surface area contributed by atoms with Gasteiger partial charge in [0.05, 0.1) is 0 Å². The molecule has 1 atom stereocenters. The molecule has 0 spiro atoms. The molecule has 0 saturated heterocycles. The van der Waals surface area contributed by atoms with E-state index in [1.54, 1.807) is 0 Å². The SMILES string of the molecule is CNC(CCN(C)CCCN(C)C)c1ccccc1. The Hall–Kier alpha value is -0.900. The molecule has 0 amide bonds. The lowest BCUT2D eigenvalue weighted by Crippen LogP contribution is -2.28. The van der Waals surface area contributed by atoms with Crippen LogP contribution >= 0.6 is 0 Å². The van der Waals surface area contributed by atoms with Crippen molar-refractivity contribution in [1.29, 1.82) is 0 Å². The average Bonchev–Trinajstić information content (AvgIpc) is 2.40. The fourth-order valence-electron chi connectivity index (χ4n) is 2.28. The Morgan fingerprint density at radius 2 is 1.68 bits per heavy atom. The van der Waals surface area contributed by atoms with Crippen LogP contribution in [0.3, 0.4) is 0 Å². The van der Waals surface area contributed by atoms with Crippen molar-refractivity contribution in [2.45, 2.75) is 18.9 Å². The smallest absolute Gasteiger partial charge is 0.0329 e. The largest absolute Gasteiger partial charge is 0.313 e. The van der Waals surface area contributed by atoms with Gasteiger partial charge in [0.15, 0.2) is 0 Å². The summed E-state index contributed by atoms with van der Waals surface area (Å²) in [6, 6.07) is 11.2. The molecule has 0 radical (unpaired) electrons. The van der Waals surface area contributed by atoms with E-state index in [0.717, 1.165) is 13.0 Å². The minimum absolute atomic E-state index is 0.456. The molecule has 3 nitrogen and oxygen atoms in total. The van der Waals surface area contributed by atoms with E-state index in [0.29, 0.717) is 6.04 Å². The molecule has 0 saturated carbocycles. The van der Waals surface area contributed by atoms with Crippen LogP contribution in [0.15, 0.2) is 30.3 Å². The molecule has 0 aliphatic heterocycles. The van der Waals surface area contributed by atoms with E-state index < -0.39 is 0 Å². The molecule has 1 aromatic rings. The lowest BCUT2D eigenvalue weighted by atomic mass is 10.0. The van der Waals surface area contributed by atoms with Crippen LogP contribution in [-0.2, 0) is 0 Å². The Kier molecular flexibility index (Phi) is 7.72. The van der Waals surface area contributed by atoms with Gasteiger partial charge in [-0.2, -0.15) is 0 Å². The quantitative estimate of drug-likeness (QED) is 0.737. The molecule has 1 unspecified atom stereocenters. The second kappa shape index (κ2) is 9.08. The normalized spacial score (nSPS) is 13.2. The van der Waals surface area contributed by atoms with Crippen molar-refractivity contribution in [2.24, 2.45) is 0 Å². The highest BCUT2D eigenvalue weighted by atomic mass is 15.1. The van der Waals surface area contributed by atoms with Crippen LogP contribution in [-0.4, -0.2) is 57.6 Å². The van der Waals surface area contributed by atoms with E-state index >= 15 is 0 Å². The summed E-state index contributed by atoms with van der Waals surface area (Å²) < 4.78 is 0. The molecule has 0 fully saturated rings. The van der Waals surface area contributed by atoms with Crippen molar-refractivity contribution in [3.63, 3.8) is 0 Å². The molecule has 0 heterocycles. The minimum Gasteiger partial charge on any atom is -0.313 e. The minimum atomic E-state index is 0.456. The molecule has 0 bridgehead atoms. The first-order valence-electron chi connectivity index (χ1n) is 7.19. The van der Waals surface area contributed by atoms with Gasteiger partial charge in [-0.25, -0.2) is 0 Å². The van der Waals surface area contributed by atoms with Crippen LogP contribution in [0.1, 0.15) is 24.4 Å². The van der Waals surface area contributed by atoms with Gasteiger partial charge in [0, 0.05) is 6.04 Å². The summed E-state index contributed by atoms with van der Waals surface area (Å²) in [7, 11) is 8.52. The van der Waals surface area contributed by atoms with E-state index in [1.807, 2.05) is 7.05 Å². The predicted octanol–water partition coefficient (Wildman–Crippen LogP) is 2.22.